The van der Waals surface area contributed by atoms with E-state index in [1.165, 1.54) is 24.3 Å². The van der Waals surface area contributed by atoms with E-state index >= 15 is 0 Å². The van der Waals surface area contributed by atoms with Crippen molar-refractivity contribution in [2.24, 2.45) is 0 Å². The number of aliphatic hydroxyl groups excluding tert-OH is 1. The maximum atomic E-state index is 11.4. The largest absolute Gasteiger partial charge is 0.694 e. The van der Waals surface area contributed by atoms with Gasteiger partial charge in [-0.2, -0.15) is 0 Å². The minimum atomic E-state index is -2.85. The molecule has 3 unspecified atom stereocenters. The van der Waals surface area contributed by atoms with Crippen molar-refractivity contribution in [2.75, 3.05) is 26.0 Å². The van der Waals surface area contributed by atoms with E-state index in [0.717, 1.165) is 0 Å². The van der Waals surface area contributed by atoms with Crippen molar-refractivity contribution < 1.29 is 33.4 Å². The second-order valence-electron chi connectivity index (χ2n) is 5.93. The molecule has 14 heteroatoms. The van der Waals surface area contributed by atoms with E-state index in [1.54, 1.807) is 0 Å². The van der Waals surface area contributed by atoms with E-state index in [1.807, 2.05) is 0 Å². The van der Waals surface area contributed by atoms with E-state index in [2.05, 4.69) is 24.8 Å². The van der Waals surface area contributed by atoms with Gasteiger partial charge in [-0.15, -0.1) is 9.42 Å². The Morgan fingerprint density at radius 1 is 1.46 bits per heavy atom. The van der Waals surface area contributed by atoms with Crippen molar-refractivity contribution in [3.63, 3.8) is 0 Å². The molecule has 2 aromatic heterocycles. The number of carbonyl (C=O) groups excluding carboxylic acids is 1. The van der Waals surface area contributed by atoms with Gasteiger partial charge in [0.2, 0.25) is 5.91 Å². The maximum Gasteiger partial charge on any atom is 0.694 e. The number of nitrogens with one attached hydrogen (secondary N) is 1. The van der Waals surface area contributed by atoms with Gasteiger partial charge in [0.15, 0.2) is 17.7 Å². The molecule has 1 saturated heterocycles. The number of ether oxygens (including phenoxy) is 2. The lowest BCUT2D eigenvalue weighted by Crippen LogP contribution is -2.36. The number of imidazole rings is 1. The Bertz CT molecular complexity index is 864. The third-order valence-electron chi connectivity index (χ3n) is 4.24. The van der Waals surface area contributed by atoms with Gasteiger partial charge in [0.1, 0.15) is 36.8 Å². The SMILES string of the molecule is CNC(=O)CCOC1C(O)[C@@H](CO[P+](=O)O)O[C@H]1n1cnc2c(N)ncnc21. The number of aliphatic hydroxyl groups is 1. The summed E-state index contributed by atoms with van der Waals surface area (Å²) in [4.78, 5) is 32.4. The van der Waals surface area contributed by atoms with Crippen LogP contribution in [0.25, 0.3) is 11.2 Å². The first-order chi connectivity index (χ1) is 13.4. The second-order valence-corrected chi connectivity index (χ2v) is 6.66. The fraction of sp³-hybridized carbons (Fsp3) is 0.571. The van der Waals surface area contributed by atoms with Gasteiger partial charge in [-0.05, 0) is 0 Å². The molecule has 28 heavy (non-hydrogen) atoms. The summed E-state index contributed by atoms with van der Waals surface area (Å²) in [5.74, 6) is -0.0488. The highest BCUT2D eigenvalue weighted by atomic mass is 31.1. The van der Waals surface area contributed by atoms with Crippen LogP contribution in [0.15, 0.2) is 12.7 Å². The van der Waals surface area contributed by atoms with Crippen LogP contribution in [-0.2, 0) is 23.4 Å². The van der Waals surface area contributed by atoms with Gasteiger partial charge < -0.3 is 25.6 Å². The van der Waals surface area contributed by atoms with Crippen molar-refractivity contribution in [3.8, 4) is 0 Å². The lowest BCUT2D eigenvalue weighted by atomic mass is 10.1. The first kappa shape index (κ1) is 20.5. The van der Waals surface area contributed by atoms with Gasteiger partial charge in [0.05, 0.1) is 12.9 Å². The summed E-state index contributed by atoms with van der Waals surface area (Å²) >= 11 is 0. The Hall–Kier alpha value is -2.28. The van der Waals surface area contributed by atoms with Gasteiger partial charge >= 0.3 is 8.25 Å². The topological polar surface area (TPSA) is 184 Å². The minimum Gasteiger partial charge on any atom is -0.387 e. The molecule has 0 bridgehead atoms. The maximum absolute atomic E-state index is 11.4. The normalized spacial score (nSPS) is 25.2. The van der Waals surface area contributed by atoms with E-state index in [-0.39, 0.29) is 31.4 Å². The zero-order valence-corrected chi connectivity index (χ0v) is 15.7. The summed E-state index contributed by atoms with van der Waals surface area (Å²) in [7, 11) is -1.35. The Morgan fingerprint density at radius 2 is 2.25 bits per heavy atom. The van der Waals surface area contributed by atoms with Crippen molar-refractivity contribution in [3.05, 3.63) is 12.7 Å². The number of nitrogen functional groups attached to an aromatic ring is 1. The standard InChI is InChI=1S/C14H19N6O7P/c1-16-8(21)2-3-25-11-10(22)7(4-26-28(23)24)27-14(11)20-6-19-9-12(15)17-5-18-13(9)20/h5-7,10-11,14,22H,2-4H2,1H3,(H3-,15,16,17,18,21,23,24)/p+1/t7-,10?,11?,14-/m1/s1. The fourth-order valence-corrected chi connectivity index (χ4v) is 3.14. The summed E-state index contributed by atoms with van der Waals surface area (Å²) in [6.45, 7) is -0.310. The van der Waals surface area contributed by atoms with Crippen LogP contribution in [0.3, 0.4) is 0 Å². The van der Waals surface area contributed by atoms with Crippen molar-refractivity contribution in [2.45, 2.75) is 31.0 Å². The van der Waals surface area contributed by atoms with Gasteiger partial charge in [0.25, 0.3) is 0 Å². The minimum absolute atomic E-state index is 0.0207. The number of nitrogens with zero attached hydrogens (tertiary/aromatic N) is 4. The molecule has 2 aromatic rings. The van der Waals surface area contributed by atoms with Crippen molar-refractivity contribution in [1.82, 2.24) is 24.8 Å². The Kier molecular flexibility index (Phi) is 6.44. The number of carbonyl (C=O) groups is 1. The lowest BCUT2D eigenvalue weighted by molar-refractivity contribution is -0.123. The lowest BCUT2D eigenvalue weighted by Gasteiger charge is -2.22. The Balaban J connectivity index is 1.84. The number of aromatic nitrogens is 4. The number of fused-ring (bicyclic) bond motifs is 1. The first-order valence-electron chi connectivity index (χ1n) is 8.30. The van der Waals surface area contributed by atoms with E-state index < -0.39 is 32.8 Å². The number of anilines is 1. The highest BCUT2D eigenvalue weighted by Crippen LogP contribution is 2.35. The summed E-state index contributed by atoms with van der Waals surface area (Å²) in [6.07, 6.45) is -1.18. The molecule has 1 amide bonds. The monoisotopic (exact) mass is 415 g/mol. The summed E-state index contributed by atoms with van der Waals surface area (Å²) < 4.78 is 28.5. The molecule has 13 nitrogen and oxygen atoms in total. The molecular weight excluding hydrogens is 395 g/mol. The Morgan fingerprint density at radius 3 is 2.96 bits per heavy atom. The molecule has 5 atom stereocenters. The summed E-state index contributed by atoms with van der Waals surface area (Å²) in [5.41, 5.74) is 6.50. The van der Waals surface area contributed by atoms with Crippen LogP contribution < -0.4 is 11.1 Å². The number of nitrogens with two attached hydrogens (primary N) is 1. The zero-order valence-electron chi connectivity index (χ0n) is 14.8. The third kappa shape index (κ3) is 4.24. The molecule has 0 radical (unpaired) electrons. The number of amides is 1. The number of rotatable bonds is 8. The highest BCUT2D eigenvalue weighted by molar-refractivity contribution is 7.32. The molecule has 1 aliphatic heterocycles. The van der Waals surface area contributed by atoms with Crippen LogP contribution >= 0.6 is 8.25 Å². The molecule has 0 aromatic carbocycles. The van der Waals surface area contributed by atoms with Crippen LogP contribution in [0.1, 0.15) is 12.6 Å². The van der Waals surface area contributed by atoms with Gasteiger partial charge in [-0.3, -0.25) is 9.36 Å². The average molecular weight is 415 g/mol. The average Bonchev–Trinajstić information content (AvgIpc) is 3.22. The molecule has 3 heterocycles. The van der Waals surface area contributed by atoms with Crippen molar-refractivity contribution >= 4 is 31.1 Å². The predicted molar refractivity (Wildman–Crippen MR) is 93.9 cm³/mol. The molecule has 0 saturated carbocycles. The van der Waals surface area contributed by atoms with Crippen molar-refractivity contribution in [1.29, 1.82) is 0 Å². The summed E-state index contributed by atoms with van der Waals surface area (Å²) in [6, 6.07) is 0. The van der Waals surface area contributed by atoms with E-state index in [9.17, 15) is 14.5 Å². The summed E-state index contributed by atoms with van der Waals surface area (Å²) in [5, 5.41) is 13.1. The molecule has 3 rings (SSSR count). The van der Waals surface area contributed by atoms with E-state index in [4.69, 9.17) is 20.1 Å². The molecule has 1 aliphatic rings. The van der Waals surface area contributed by atoms with Crippen LogP contribution in [0.5, 0.6) is 0 Å². The third-order valence-corrected chi connectivity index (χ3v) is 4.61. The van der Waals surface area contributed by atoms with Gasteiger partial charge in [0, 0.05) is 18.0 Å². The molecule has 1 fully saturated rings. The quantitative estimate of drug-likeness (QED) is 0.382. The molecule has 0 spiro atoms. The smallest absolute Gasteiger partial charge is 0.387 e. The van der Waals surface area contributed by atoms with Crippen LogP contribution in [0.4, 0.5) is 5.82 Å². The first-order valence-corrected chi connectivity index (χ1v) is 9.43. The highest BCUT2D eigenvalue weighted by Gasteiger charge is 2.47. The number of hydrogen-bond donors (Lipinski definition) is 4. The van der Waals surface area contributed by atoms with Crippen LogP contribution in [0.2, 0.25) is 0 Å². The van der Waals surface area contributed by atoms with Crippen LogP contribution in [0, 0.1) is 0 Å². The second kappa shape index (κ2) is 8.82. The number of hydrogen-bond acceptors (Lipinski definition) is 10. The fourth-order valence-electron chi connectivity index (χ4n) is 2.87. The van der Waals surface area contributed by atoms with Gasteiger partial charge in [-0.1, -0.05) is 0 Å². The van der Waals surface area contributed by atoms with Crippen LogP contribution in [-0.4, -0.2) is 74.0 Å². The molecule has 0 aliphatic carbocycles. The molecule has 152 valence electrons. The zero-order chi connectivity index (χ0) is 20.3. The predicted octanol–water partition coefficient (Wildman–Crippen LogP) is -1.15. The molecular formula is C14H20N6O7P+. The van der Waals surface area contributed by atoms with E-state index in [0.29, 0.717) is 11.2 Å². The Labute approximate surface area is 159 Å². The van der Waals surface area contributed by atoms with Gasteiger partial charge in [-0.25, -0.2) is 15.0 Å². The molecule has 5 N–H and O–H groups in total.